The number of likely N-dealkylation sites (tertiary alicyclic amines) is 1. The van der Waals surface area contributed by atoms with E-state index in [1.807, 2.05) is 25.7 Å². The van der Waals surface area contributed by atoms with E-state index >= 15 is 0 Å². The minimum Gasteiger partial charge on any atom is -0.450 e. The molecule has 1 aliphatic rings. The molecule has 0 unspecified atom stereocenters. The maximum Gasteiger partial charge on any atom is 0.409 e. The SMILES string of the molecule is CC.CCOC(=O)N1CCC[C@@H](CC)C1. The molecular weight excluding hydrogens is 190 g/mol. The number of rotatable bonds is 2. The van der Waals surface area contributed by atoms with Crippen LogP contribution >= 0.6 is 0 Å². The summed E-state index contributed by atoms with van der Waals surface area (Å²) in [4.78, 5) is 13.2. The molecule has 0 aromatic carbocycles. The van der Waals surface area contributed by atoms with Gasteiger partial charge in [0.15, 0.2) is 0 Å². The quantitative estimate of drug-likeness (QED) is 0.707. The van der Waals surface area contributed by atoms with Crippen molar-refractivity contribution in [3.63, 3.8) is 0 Å². The van der Waals surface area contributed by atoms with Gasteiger partial charge in [0.05, 0.1) is 6.61 Å². The first-order chi connectivity index (χ1) is 7.27. The number of carbonyl (C=O) groups is 1. The van der Waals surface area contributed by atoms with Gasteiger partial charge in [-0.05, 0) is 25.7 Å². The van der Waals surface area contributed by atoms with Gasteiger partial charge < -0.3 is 9.64 Å². The van der Waals surface area contributed by atoms with E-state index in [1.165, 1.54) is 6.42 Å². The minimum absolute atomic E-state index is 0.138. The van der Waals surface area contributed by atoms with E-state index in [9.17, 15) is 4.79 Å². The van der Waals surface area contributed by atoms with E-state index in [0.717, 1.165) is 25.9 Å². The zero-order chi connectivity index (χ0) is 11.7. The van der Waals surface area contributed by atoms with Gasteiger partial charge in [-0.1, -0.05) is 27.2 Å². The van der Waals surface area contributed by atoms with Crippen molar-refractivity contribution >= 4 is 6.09 Å². The molecule has 1 aliphatic heterocycles. The molecule has 1 rings (SSSR count). The van der Waals surface area contributed by atoms with Crippen molar-refractivity contribution < 1.29 is 9.53 Å². The van der Waals surface area contributed by atoms with E-state index < -0.39 is 0 Å². The van der Waals surface area contributed by atoms with Gasteiger partial charge in [0, 0.05) is 13.1 Å². The van der Waals surface area contributed by atoms with Crippen LogP contribution in [0.4, 0.5) is 4.79 Å². The largest absolute Gasteiger partial charge is 0.450 e. The van der Waals surface area contributed by atoms with Gasteiger partial charge in [-0.3, -0.25) is 0 Å². The Balaban J connectivity index is 0.000000921. The summed E-state index contributed by atoms with van der Waals surface area (Å²) in [6, 6.07) is 0. The number of carbonyl (C=O) groups excluding carboxylic acids is 1. The second-order valence-electron chi connectivity index (χ2n) is 3.56. The number of hydrogen-bond donors (Lipinski definition) is 0. The number of nitrogens with zero attached hydrogens (tertiary/aromatic N) is 1. The van der Waals surface area contributed by atoms with E-state index in [1.54, 1.807) is 0 Å². The Morgan fingerprint density at radius 2 is 2.07 bits per heavy atom. The first-order valence-corrected chi connectivity index (χ1v) is 6.19. The van der Waals surface area contributed by atoms with E-state index in [4.69, 9.17) is 4.74 Å². The Labute approximate surface area is 93.8 Å². The molecule has 1 atom stereocenters. The predicted molar refractivity (Wildman–Crippen MR) is 63.0 cm³/mol. The fourth-order valence-electron chi connectivity index (χ4n) is 1.78. The Morgan fingerprint density at radius 3 is 2.60 bits per heavy atom. The summed E-state index contributed by atoms with van der Waals surface area (Å²) in [5, 5.41) is 0. The van der Waals surface area contributed by atoms with Gasteiger partial charge in [0.25, 0.3) is 0 Å². The number of piperidine rings is 1. The normalized spacial score (nSPS) is 20.3. The van der Waals surface area contributed by atoms with Crippen LogP contribution in [0.15, 0.2) is 0 Å². The van der Waals surface area contributed by atoms with Crippen LogP contribution < -0.4 is 0 Å². The van der Waals surface area contributed by atoms with Crippen LogP contribution in [-0.2, 0) is 4.74 Å². The number of ether oxygens (including phenoxy) is 1. The molecule has 15 heavy (non-hydrogen) atoms. The van der Waals surface area contributed by atoms with Gasteiger partial charge in [-0.15, -0.1) is 0 Å². The molecule has 0 saturated carbocycles. The maximum atomic E-state index is 11.4. The molecule has 1 amide bonds. The molecule has 0 aromatic heterocycles. The highest BCUT2D eigenvalue weighted by Gasteiger charge is 2.22. The van der Waals surface area contributed by atoms with Crippen molar-refractivity contribution in [2.75, 3.05) is 19.7 Å². The van der Waals surface area contributed by atoms with Crippen molar-refractivity contribution in [1.82, 2.24) is 4.90 Å². The Bertz CT molecular complexity index is 171. The van der Waals surface area contributed by atoms with Crippen molar-refractivity contribution in [1.29, 1.82) is 0 Å². The zero-order valence-corrected chi connectivity index (χ0v) is 10.6. The molecule has 1 saturated heterocycles. The number of amides is 1. The van der Waals surface area contributed by atoms with Crippen LogP contribution in [0.5, 0.6) is 0 Å². The molecule has 0 N–H and O–H groups in total. The van der Waals surface area contributed by atoms with E-state index in [2.05, 4.69) is 6.92 Å². The lowest BCUT2D eigenvalue weighted by Crippen LogP contribution is -2.40. The van der Waals surface area contributed by atoms with Crippen molar-refractivity contribution in [2.45, 2.75) is 47.0 Å². The second-order valence-corrected chi connectivity index (χ2v) is 3.56. The molecule has 0 spiro atoms. The van der Waals surface area contributed by atoms with E-state index in [0.29, 0.717) is 12.5 Å². The molecule has 1 heterocycles. The molecule has 90 valence electrons. The van der Waals surface area contributed by atoms with Gasteiger partial charge in [0.1, 0.15) is 0 Å². The van der Waals surface area contributed by atoms with Crippen LogP contribution in [0.1, 0.15) is 47.0 Å². The maximum absolute atomic E-state index is 11.4. The summed E-state index contributed by atoms with van der Waals surface area (Å²) in [5.74, 6) is 0.679. The zero-order valence-electron chi connectivity index (χ0n) is 10.6. The molecule has 3 nitrogen and oxygen atoms in total. The fraction of sp³-hybridized carbons (Fsp3) is 0.917. The summed E-state index contributed by atoms with van der Waals surface area (Å²) < 4.78 is 4.96. The summed E-state index contributed by atoms with van der Waals surface area (Å²) in [6.07, 6.45) is 3.40. The van der Waals surface area contributed by atoms with Crippen LogP contribution in [0.25, 0.3) is 0 Å². The summed E-state index contributed by atoms with van der Waals surface area (Å²) >= 11 is 0. The molecule has 1 fully saturated rings. The Kier molecular flexibility index (Phi) is 8.15. The van der Waals surface area contributed by atoms with Crippen molar-refractivity contribution in [3.05, 3.63) is 0 Å². The molecule has 0 aliphatic carbocycles. The lowest BCUT2D eigenvalue weighted by molar-refractivity contribution is 0.0878. The highest BCUT2D eigenvalue weighted by molar-refractivity contribution is 5.67. The average Bonchev–Trinajstić information content (AvgIpc) is 2.32. The van der Waals surface area contributed by atoms with Gasteiger partial charge >= 0.3 is 6.09 Å². The van der Waals surface area contributed by atoms with Gasteiger partial charge in [0.2, 0.25) is 0 Å². The van der Waals surface area contributed by atoms with Gasteiger partial charge in [-0.2, -0.15) is 0 Å². The standard InChI is InChI=1S/C10H19NO2.C2H6/c1-3-9-6-5-7-11(8-9)10(12)13-4-2;1-2/h9H,3-8H2,1-2H3;1-2H3/t9-;/m1./s1. The predicted octanol–water partition coefficient (Wildman–Crippen LogP) is 3.29. The Morgan fingerprint density at radius 1 is 1.40 bits per heavy atom. The third-order valence-electron chi connectivity index (χ3n) is 2.62. The average molecular weight is 215 g/mol. The monoisotopic (exact) mass is 215 g/mol. The third-order valence-corrected chi connectivity index (χ3v) is 2.62. The molecule has 3 heteroatoms. The van der Waals surface area contributed by atoms with Gasteiger partial charge in [-0.25, -0.2) is 4.79 Å². The van der Waals surface area contributed by atoms with E-state index in [-0.39, 0.29) is 6.09 Å². The first kappa shape index (κ1) is 14.3. The summed E-state index contributed by atoms with van der Waals surface area (Å²) in [7, 11) is 0. The molecule has 0 aromatic rings. The van der Waals surface area contributed by atoms with Crippen molar-refractivity contribution in [3.8, 4) is 0 Å². The third kappa shape index (κ3) is 5.05. The van der Waals surface area contributed by atoms with Crippen LogP contribution in [-0.4, -0.2) is 30.7 Å². The van der Waals surface area contributed by atoms with Crippen molar-refractivity contribution in [2.24, 2.45) is 5.92 Å². The fourth-order valence-corrected chi connectivity index (χ4v) is 1.78. The topological polar surface area (TPSA) is 29.5 Å². The second kappa shape index (κ2) is 8.57. The summed E-state index contributed by atoms with van der Waals surface area (Å²) in [6.45, 7) is 10.3. The molecular formula is C12H25NO2. The highest BCUT2D eigenvalue weighted by Crippen LogP contribution is 2.19. The van der Waals surface area contributed by atoms with Crippen LogP contribution in [0, 0.1) is 5.92 Å². The molecule has 0 bridgehead atoms. The Hall–Kier alpha value is -0.730. The van der Waals surface area contributed by atoms with Crippen LogP contribution in [0.2, 0.25) is 0 Å². The minimum atomic E-state index is -0.138. The molecule has 0 radical (unpaired) electrons. The smallest absolute Gasteiger partial charge is 0.409 e. The lowest BCUT2D eigenvalue weighted by atomic mass is 9.96. The number of hydrogen-bond acceptors (Lipinski definition) is 2. The van der Waals surface area contributed by atoms with Crippen LogP contribution in [0.3, 0.4) is 0 Å². The highest BCUT2D eigenvalue weighted by atomic mass is 16.6. The first-order valence-electron chi connectivity index (χ1n) is 6.19. The summed E-state index contributed by atoms with van der Waals surface area (Å²) in [5.41, 5.74) is 0. The lowest BCUT2D eigenvalue weighted by Gasteiger charge is -2.31.